The zero-order valence-corrected chi connectivity index (χ0v) is 27.1. The molecule has 0 radical (unpaired) electrons. The predicted molar refractivity (Wildman–Crippen MR) is 166 cm³/mol. The van der Waals surface area contributed by atoms with Crippen molar-refractivity contribution in [3.05, 3.63) is 72.1 Å². The van der Waals surface area contributed by atoms with Crippen molar-refractivity contribution in [3.63, 3.8) is 0 Å². The van der Waals surface area contributed by atoms with Gasteiger partial charge in [-0.25, -0.2) is 13.4 Å². The summed E-state index contributed by atoms with van der Waals surface area (Å²) in [6.45, 7) is -0.593. The molecule has 2 aromatic carbocycles. The van der Waals surface area contributed by atoms with Crippen LogP contribution in [-0.4, -0.2) is 78.9 Å². The van der Waals surface area contributed by atoms with E-state index in [9.17, 15) is 44.3 Å². The van der Waals surface area contributed by atoms with Crippen molar-refractivity contribution < 1.29 is 53.8 Å². The number of alkyl halides is 6. The Labute approximate surface area is 284 Å². The minimum Gasteiger partial charge on any atom is -0.406 e. The number of sulfonamides is 1. The lowest BCUT2D eigenvalue weighted by atomic mass is 10.1. The molecule has 0 unspecified atom stereocenters. The molecule has 1 saturated heterocycles. The normalized spacial score (nSPS) is 17.4. The number of pyridine rings is 1. The van der Waals surface area contributed by atoms with Crippen molar-refractivity contribution in [3.8, 4) is 11.5 Å². The highest BCUT2D eigenvalue weighted by atomic mass is 32.2. The number of amides is 2. The standard InChI is InChI=1S/C30H26F6N6O6S2/c31-29(32,33)47-19-5-1-17(2-6-19)13-38-27(44)23-16-41(28-40-25-22(14-37-15-24(25)49-28)26(43)39-18-3-4-18)11-12-42(23)50(45,46)21-9-7-20(8-10-21)48-30(34,35)36/h1-2,5-10,14-15,18,23H,3-4,11-13,16H2,(H,38,44)(H,39,43)/t23-/m1/s1. The monoisotopic (exact) mass is 744 g/mol. The average Bonchev–Trinajstić information content (AvgIpc) is 3.76. The summed E-state index contributed by atoms with van der Waals surface area (Å²) in [5.41, 5.74) is 1.02. The minimum atomic E-state index is -5.00. The third kappa shape index (κ3) is 8.36. The highest BCUT2D eigenvalue weighted by Crippen LogP contribution is 2.34. The molecule has 3 heterocycles. The van der Waals surface area contributed by atoms with Crippen LogP contribution in [0.25, 0.3) is 10.2 Å². The summed E-state index contributed by atoms with van der Waals surface area (Å²) in [5.74, 6) is -2.21. The molecule has 0 spiro atoms. The SMILES string of the molecule is O=C(NC1CC1)c1cncc2sc(N3CCN(S(=O)(=O)c4ccc(OC(F)(F)F)cc4)[C@@H](C(=O)NCc4ccc(OC(F)(F)F)cc4)C3)nc12. The Balaban J connectivity index is 1.25. The van der Waals surface area contributed by atoms with E-state index in [-0.39, 0.29) is 43.7 Å². The Morgan fingerprint density at radius 1 is 0.900 bits per heavy atom. The number of hydrogen-bond donors (Lipinski definition) is 2. The molecule has 0 bridgehead atoms. The van der Waals surface area contributed by atoms with E-state index in [2.05, 4.69) is 30.1 Å². The molecule has 2 N–H and O–H groups in total. The van der Waals surface area contributed by atoms with E-state index >= 15 is 0 Å². The number of halogens is 6. The first-order chi connectivity index (χ1) is 23.6. The Morgan fingerprint density at radius 2 is 1.52 bits per heavy atom. The quantitative estimate of drug-likeness (QED) is 0.223. The molecule has 6 rings (SSSR count). The fraction of sp³-hybridized carbons (Fsp3) is 0.333. The number of nitrogens with one attached hydrogen (secondary N) is 2. The number of nitrogens with zero attached hydrogens (tertiary/aromatic N) is 4. The first-order valence-corrected chi connectivity index (χ1v) is 17.1. The van der Waals surface area contributed by atoms with Gasteiger partial charge in [0.05, 0.1) is 20.7 Å². The summed E-state index contributed by atoms with van der Waals surface area (Å²) < 4.78 is 112. The molecule has 1 aliphatic carbocycles. The van der Waals surface area contributed by atoms with Gasteiger partial charge in [0.25, 0.3) is 5.91 Å². The van der Waals surface area contributed by atoms with Crippen molar-refractivity contribution in [1.29, 1.82) is 0 Å². The number of aromatic nitrogens is 2. The van der Waals surface area contributed by atoms with E-state index < -0.39 is 51.1 Å². The number of carbonyl (C=O) groups is 2. The Morgan fingerprint density at radius 3 is 2.12 bits per heavy atom. The van der Waals surface area contributed by atoms with Crippen molar-refractivity contribution in [2.24, 2.45) is 0 Å². The zero-order valence-electron chi connectivity index (χ0n) is 25.5. The lowest BCUT2D eigenvalue weighted by Crippen LogP contribution is -2.60. The number of rotatable bonds is 10. The maximum Gasteiger partial charge on any atom is 0.573 e. The number of anilines is 1. The van der Waals surface area contributed by atoms with Crippen LogP contribution >= 0.6 is 11.3 Å². The molecule has 1 aliphatic heterocycles. The smallest absolute Gasteiger partial charge is 0.406 e. The van der Waals surface area contributed by atoms with Gasteiger partial charge in [-0.05, 0) is 54.8 Å². The van der Waals surface area contributed by atoms with Crippen molar-refractivity contribution in [1.82, 2.24) is 24.9 Å². The van der Waals surface area contributed by atoms with Crippen LogP contribution in [0.2, 0.25) is 0 Å². The van der Waals surface area contributed by atoms with Gasteiger partial charge in [0.15, 0.2) is 5.13 Å². The number of fused-ring (bicyclic) bond motifs is 1. The van der Waals surface area contributed by atoms with Crippen LogP contribution in [0.15, 0.2) is 65.8 Å². The van der Waals surface area contributed by atoms with Crippen molar-refractivity contribution in [2.45, 2.75) is 49.1 Å². The Hall–Kier alpha value is -4.69. The largest absolute Gasteiger partial charge is 0.573 e. The van der Waals surface area contributed by atoms with Gasteiger partial charge in [-0.3, -0.25) is 14.6 Å². The van der Waals surface area contributed by atoms with E-state index in [1.54, 1.807) is 4.90 Å². The summed E-state index contributed by atoms with van der Waals surface area (Å²) in [5, 5.41) is 5.89. The van der Waals surface area contributed by atoms with Crippen LogP contribution in [-0.2, 0) is 21.4 Å². The first-order valence-electron chi connectivity index (χ1n) is 14.9. The average molecular weight is 745 g/mol. The molecule has 2 fully saturated rings. The molecule has 12 nitrogen and oxygen atoms in total. The number of carbonyl (C=O) groups excluding carboxylic acids is 2. The molecule has 1 atom stereocenters. The molecule has 4 aromatic rings. The van der Waals surface area contributed by atoms with Crippen LogP contribution in [0.3, 0.4) is 0 Å². The predicted octanol–water partition coefficient (Wildman–Crippen LogP) is 4.58. The summed E-state index contributed by atoms with van der Waals surface area (Å²) in [6.07, 6.45) is -5.21. The molecule has 1 saturated carbocycles. The second kappa shape index (κ2) is 13.6. The van der Waals surface area contributed by atoms with Gasteiger partial charge in [-0.1, -0.05) is 23.5 Å². The number of hydrogen-bond acceptors (Lipinski definition) is 10. The second-order valence-corrected chi connectivity index (χ2v) is 14.2. The van der Waals surface area contributed by atoms with Crippen LogP contribution in [0.5, 0.6) is 11.5 Å². The fourth-order valence-electron chi connectivity index (χ4n) is 5.14. The maximum absolute atomic E-state index is 13.8. The molecule has 2 amide bonds. The maximum atomic E-state index is 13.8. The van der Waals surface area contributed by atoms with Crippen molar-refractivity contribution in [2.75, 3.05) is 24.5 Å². The van der Waals surface area contributed by atoms with Gasteiger partial charge in [0, 0.05) is 44.6 Å². The van der Waals surface area contributed by atoms with Crippen LogP contribution < -0.4 is 25.0 Å². The molecule has 2 aromatic heterocycles. The Kier molecular flexibility index (Phi) is 9.53. The van der Waals surface area contributed by atoms with E-state index in [0.29, 0.717) is 20.9 Å². The summed E-state index contributed by atoms with van der Waals surface area (Å²) in [7, 11) is -4.47. The van der Waals surface area contributed by atoms with E-state index in [1.807, 2.05) is 0 Å². The Bertz CT molecular complexity index is 1990. The third-order valence-corrected chi connectivity index (χ3v) is 10.6. The number of piperazine rings is 1. The van der Waals surface area contributed by atoms with E-state index in [0.717, 1.165) is 53.5 Å². The number of thiazole rings is 1. The third-order valence-electron chi connectivity index (χ3n) is 7.64. The molecule has 2 aliphatic rings. The highest BCUT2D eigenvalue weighted by molar-refractivity contribution is 7.89. The number of benzene rings is 2. The molecular formula is C30H26F6N6O6S2. The lowest BCUT2D eigenvalue weighted by molar-refractivity contribution is -0.275. The van der Waals surface area contributed by atoms with Crippen LogP contribution in [0.4, 0.5) is 31.5 Å². The fourth-order valence-corrected chi connectivity index (χ4v) is 7.70. The van der Waals surface area contributed by atoms with E-state index in [1.165, 1.54) is 35.9 Å². The van der Waals surface area contributed by atoms with Gasteiger partial charge in [-0.2, -0.15) is 4.31 Å². The van der Waals surface area contributed by atoms with Gasteiger partial charge < -0.3 is 25.0 Å². The number of ether oxygens (including phenoxy) is 2. The molecular weight excluding hydrogens is 718 g/mol. The summed E-state index contributed by atoms with van der Waals surface area (Å²) in [6, 6.07) is 6.92. The summed E-state index contributed by atoms with van der Waals surface area (Å²) in [4.78, 5) is 36.6. The topological polar surface area (TPSA) is 143 Å². The van der Waals surface area contributed by atoms with Gasteiger partial charge in [0.2, 0.25) is 15.9 Å². The first kappa shape index (κ1) is 35.1. The summed E-state index contributed by atoms with van der Waals surface area (Å²) >= 11 is 1.19. The highest BCUT2D eigenvalue weighted by Gasteiger charge is 2.41. The van der Waals surface area contributed by atoms with Crippen molar-refractivity contribution >= 4 is 48.5 Å². The van der Waals surface area contributed by atoms with Gasteiger partial charge >= 0.3 is 12.7 Å². The lowest BCUT2D eigenvalue weighted by Gasteiger charge is -2.39. The minimum absolute atomic E-state index is 0.0514. The molecule has 266 valence electrons. The van der Waals surface area contributed by atoms with Crippen LogP contribution in [0.1, 0.15) is 28.8 Å². The van der Waals surface area contributed by atoms with Crippen LogP contribution in [0, 0.1) is 0 Å². The van der Waals surface area contributed by atoms with Gasteiger partial charge in [0.1, 0.15) is 17.5 Å². The second-order valence-electron chi connectivity index (χ2n) is 11.3. The van der Waals surface area contributed by atoms with Gasteiger partial charge in [-0.15, -0.1) is 26.3 Å². The zero-order chi connectivity index (χ0) is 35.8. The molecule has 50 heavy (non-hydrogen) atoms. The van der Waals surface area contributed by atoms with E-state index in [4.69, 9.17) is 0 Å². The molecule has 20 heteroatoms.